The summed E-state index contributed by atoms with van der Waals surface area (Å²) in [5.41, 5.74) is 1.16. The number of hydrogen-bond acceptors (Lipinski definition) is 3. The summed E-state index contributed by atoms with van der Waals surface area (Å²) in [5.74, 6) is 0.303. The lowest BCUT2D eigenvalue weighted by Crippen LogP contribution is -1.99. The molecule has 0 aliphatic rings. The summed E-state index contributed by atoms with van der Waals surface area (Å²) in [6, 6.07) is 12.3. The summed E-state index contributed by atoms with van der Waals surface area (Å²) in [5, 5.41) is 8.99. The number of halogens is 1. The molecule has 20 heavy (non-hydrogen) atoms. The molecule has 0 spiro atoms. The van der Waals surface area contributed by atoms with E-state index in [-0.39, 0.29) is 5.56 Å². The van der Waals surface area contributed by atoms with Crippen molar-refractivity contribution in [2.45, 2.75) is 6.61 Å². The number of aromatic carboxylic acids is 1. The Hall–Kier alpha value is -2.01. The maximum atomic E-state index is 11.0. The summed E-state index contributed by atoms with van der Waals surface area (Å²) in [4.78, 5) is 11.0. The maximum absolute atomic E-state index is 11.0. The van der Waals surface area contributed by atoms with Crippen LogP contribution in [0.5, 0.6) is 11.5 Å². The molecule has 2 aromatic carbocycles. The Kier molecular flexibility index (Phi) is 4.63. The molecule has 2 aromatic rings. The van der Waals surface area contributed by atoms with Gasteiger partial charge in [-0.1, -0.05) is 28.1 Å². The van der Waals surface area contributed by atoms with Crippen molar-refractivity contribution in [1.29, 1.82) is 0 Å². The van der Waals surface area contributed by atoms with E-state index in [1.807, 2.05) is 24.3 Å². The van der Waals surface area contributed by atoms with Gasteiger partial charge in [0.2, 0.25) is 0 Å². The van der Waals surface area contributed by atoms with Gasteiger partial charge in [0.15, 0.2) is 0 Å². The predicted octanol–water partition coefficient (Wildman–Crippen LogP) is 3.73. The van der Waals surface area contributed by atoms with Crippen molar-refractivity contribution >= 4 is 21.9 Å². The molecule has 0 heterocycles. The van der Waals surface area contributed by atoms with E-state index in [0.717, 1.165) is 11.3 Å². The van der Waals surface area contributed by atoms with Crippen molar-refractivity contribution < 1.29 is 19.4 Å². The number of carbonyl (C=O) groups is 1. The van der Waals surface area contributed by atoms with Crippen LogP contribution in [0.25, 0.3) is 0 Å². The molecule has 0 saturated heterocycles. The summed E-state index contributed by atoms with van der Waals surface area (Å²) >= 11 is 3.27. The van der Waals surface area contributed by atoms with Gasteiger partial charge in [0.25, 0.3) is 0 Å². The van der Waals surface area contributed by atoms with Gasteiger partial charge in [-0.2, -0.15) is 0 Å². The van der Waals surface area contributed by atoms with Crippen LogP contribution in [0.2, 0.25) is 0 Å². The van der Waals surface area contributed by atoms with Gasteiger partial charge in [0, 0.05) is 4.47 Å². The average molecular weight is 337 g/mol. The molecular formula is C15H13BrO4. The van der Waals surface area contributed by atoms with Gasteiger partial charge in [-0.3, -0.25) is 0 Å². The number of benzene rings is 2. The largest absolute Gasteiger partial charge is 0.497 e. The third-order valence-corrected chi connectivity index (χ3v) is 3.14. The van der Waals surface area contributed by atoms with E-state index in [2.05, 4.69) is 15.9 Å². The van der Waals surface area contributed by atoms with Gasteiger partial charge in [0.1, 0.15) is 18.1 Å². The minimum atomic E-state index is -0.986. The molecule has 0 aliphatic heterocycles. The first-order chi connectivity index (χ1) is 9.58. The van der Waals surface area contributed by atoms with E-state index >= 15 is 0 Å². The Morgan fingerprint density at radius 3 is 2.45 bits per heavy atom. The minimum absolute atomic E-state index is 0.184. The number of ether oxygens (including phenoxy) is 2. The number of hydrogen-bond donors (Lipinski definition) is 1. The van der Waals surface area contributed by atoms with Crippen molar-refractivity contribution in [2.75, 3.05) is 7.11 Å². The van der Waals surface area contributed by atoms with Crippen molar-refractivity contribution in [2.24, 2.45) is 0 Å². The maximum Gasteiger partial charge on any atom is 0.335 e. The molecule has 0 atom stereocenters. The minimum Gasteiger partial charge on any atom is -0.497 e. The monoisotopic (exact) mass is 336 g/mol. The zero-order valence-electron chi connectivity index (χ0n) is 10.8. The Morgan fingerprint density at radius 1 is 1.15 bits per heavy atom. The third-order valence-electron chi connectivity index (χ3n) is 2.68. The van der Waals surface area contributed by atoms with Crippen molar-refractivity contribution in [3.63, 3.8) is 0 Å². The number of carboxylic acid groups (broad SMARTS) is 1. The fourth-order valence-corrected chi connectivity index (χ4v) is 2.13. The van der Waals surface area contributed by atoms with Gasteiger partial charge < -0.3 is 14.6 Å². The van der Waals surface area contributed by atoms with Crippen LogP contribution in [0.1, 0.15) is 15.9 Å². The van der Waals surface area contributed by atoms with E-state index in [1.165, 1.54) is 12.1 Å². The van der Waals surface area contributed by atoms with Crippen LogP contribution in [0.4, 0.5) is 0 Å². The Labute approximate surface area is 125 Å². The van der Waals surface area contributed by atoms with Crippen molar-refractivity contribution in [1.82, 2.24) is 0 Å². The van der Waals surface area contributed by atoms with E-state index in [9.17, 15) is 4.79 Å². The highest BCUT2D eigenvalue weighted by Crippen LogP contribution is 2.23. The van der Waals surface area contributed by atoms with E-state index in [0.29, 0.717) is 16.8 Å². The molecule has 0 bridgehead atoms. The first-order valence-electron chi connectivity index (χ1n) is 5.88. The molecule has 104 valence electrons. The standard InChI is InChI=1S/C15H13BrO4/c1-19-13-4-2-10(3-5-13)9-20-14-7-11(15(17)18)6-12(16)8-14/h2-8H,9H2,1H3,(H,17,18). The second kappa shape index (κ2) is 6.43. The molecule has 0 fully saturated rings. The highest BCUT2D eigenvalue weighted by Gasteiger charge is 2.07. The Balaban J connectivity index is 2.08. The van der Waals surface area contributed by atoms with Gasteiger partial charge in [-0.05, 0) is 35.9 Å². The molecule has 0 unspecified atom stereocenters. The third kappa shape index (κ3) is 3.74. The van der Waals surface area contributed by atoms with E-state index in [1.54, 1.807) is 13.2 Å². The molecule has 2 rings (SSSR count). The van der Waals surface area contributed by atoms with Crippen molar-refractivity contribution in [3.8, 4) is 11.5 Å². The smallest absolute Gasteiger partial charge is 0.335 e. The zero-order valence-corrected chi connectivity index (χ0v) is 12.4. The van der Waals surface area contributed by atoms with E-state index < -0.39 is 5.97 Å². The lowest BCUT2D eigenvalue weighted by Gasteiger charge is -2.08. The average Bonchev–Trinajstić information content (AvgIpc) is 2.45. The summed E-state index contributed by atoms with van der Waals surface area (Å²) in [7, 11) is 1.61. The van der Waals surface area contributed by atoms with Crippen molar-refractivity contribution in [3.05, 3.63) is 58.1 Å². The quantitative estimate of drug-likeness (QED) is 0.903. The highest BCUT2D eigenvalue weighted by atomic mass is 79.9. The molecule has 0 amide bonds. The number of rotatable bonds is 5. The summed E-state index contributed by atoms with van der Waals surface area (Å²) in [6.07, 6.45) is 0. The fourth-order valence-electron chi connectivity index (χ4n) is 1.66. The SMILES string of the molecule is COc1ccc(COc2cc(Br)cc(C(=O)O)c2)cc1. The molecule has 0 radical (unpaired) electrons. The molecule has 1 N–H and O–H groups in total. The van der Waals surface area contributed by atoms with Crippen LogP contribution < -0.4 is 9.47 Å². The first kappa shape index (κ1) is 14.4. The van der Waals surface area contributed by atoms with Gasteiger partial charge in [0.05, 0.1) is 12.7 Å². The second-order valence-corrected chi connectivity index (χ2v) is 5.03. The van der Waals surface area contributed by atoms with Crippen LogP contribution in [-0.4, -0.2) is 18.2 Å². The fraction of sp³-hybridized carbons (Fsp3) is 0.133. The predicted molar refractivity (Wildman–Crippen MR) is 78.4 cm³/mol. The lowest BCUT2D eigenvalue weighted by atomic mass is 10.2. The molecule has 4 nitrogen and oxygen atoms in total. The van der Waals surface area contributed by atoms with Crippen LogP contribution >= 0.6 is 15.9 Å². The van der Waals surface area contributed by atoms with Crippen LogP contribution in [0, 0.1) is 0 Å². The lowest BCUT2D eigenvalue weighted by molar-refractivity contribution is 0.0696. The second-order valence-electron chi connectivity index (χ2n) is 4.12. The van der Waals surface area contributed by atoms with Crippen LogP contribution in [0.15, 0.2) is 46.9 Å². The topological polar surface area (TPSA) is 55.8 Å². The summed E-state index contributed by atoms with van der Waals surface area (Å²) < 4.78 is 11.3. The van der Waals surface area contributed by atoms with Gasteiger partial charge in [-0.25, -0.2) is 4.79 Å². The molecule has 0 saturated carbocycles. The summed E-state index contributed by atoms with van der Waals surface area (Å²) in [6.45, 7) is 0.361. The molecular weight excluding hydrogens is 324 g/mol. The van der Waals surface area contributed by atoms with Gasteiger partial charge in [-0.15, -0.1) is 0 Å². The first-order valence-corrected chi connectivity index (χ1v) is 6.67. The highest BCUT2D eigenvalue weighted by molar-refractivity contribution is 9.10. The normalized spacial score (nSPS) is 10.1. The molecule has 0 aromatic heterocycles. The van der Waals surface area contributed by atoms with Crippen LogP contribution in [0.3, 0.4) is 0 Å². The number of carboxylic acids is 1. The van der Waals surface area contributed by atoms with Gasteiger partial charge >= 0.3 is 5.97 Å². The molecule has 0 aliphatic carbocycles. The Bertz CT molecular complexity index is 608. The number of methoxy groups -OCH3 is 1. The van der Waals surface area contributed by atoms with E-state index in [4.69, 9.17) is 14.6 Å². The van der Waals surface area contributed by atoms with Crippen LogP contribution in [-0.2, 0) is 6.61 Å². The molecule has 5 heteroatoms. The zero-order chi connectivity index (χ0) is 14.5. The Morgan fingerprint density at radius 2 is 1.85 bits per heavy atom.